The second-order valence-electron chi connectivity index (χ2n) is 4.77. The van der Waals surface area contributed by atoms with E-state index in [1.807, 2.05) is 0 Å². The number of carboxylic acid groups (broad SMARTS) is 1. The number of carbonyl (C=O) groups is 2. The number of hydrogen-bond donors (Lipinski definition) is 2. The molecule has 0 amide bonds. The van der Waals surface area contributed by atoms with Crippen molar-refractivity contribution in [2.75, 3.05) is 12.4 Å². The molecule has 0 saturated heterocycles. The van der Waals surface area contributed by atoms with Crippen LogP contribution in [-0.2, 0) is 19.1 Å². The minimum absolute atomic E-state index is 0.163. The zero-order valence-corrected chi connectivity index (χ0v) is 11.5. The fraction of sp³-hybridized carbons (Fsp3) is 0.818. The van der Waals surface area contributed by atoms with Crippen LogP contribution in [0, 0.1) is 5.92 Å². The Labute approximate surface area is 107 Å². The summed E-state index contributed by atoms with van der Waals surface area (Å²) in [6.07, 6.45) is -1.27. The van der Waals surface area contributed by atoms with Gasteiger partial charge in [-0.3, -0.25) is 4.79 Å². The Balaban J connectivity index is 4.35. The highest BCUT2D eigenvalue weighted by Gasteiger charge is 2.26. The van der Waals surface area contributed by atoms with Gasteiger partial charge in [0.1, 0.15) is 0 Å². The Kier molecular flexibility index (Phi) is 6.56. The van der Waals surface area contributed by atoms with E-state index >= 15 is 0 Å². The van der Waals surface area contributed by atoms with Gasteiger partial charge in [-0.1, -0.05) is 6.92 Å². The fourth-order valence-corrected chi connectivity index (χ4v) is 0.961. The van der Waals surface area contributed by atoms with Crippen LogP contribution >= 0.6 is 12.6 Å². The van der Waals surface area contributed by atoms with Crippen LogP contribution in [0.3, 0.4) is 0 Å². The van der Waals surface area contributed by atoms with E-state index < -0.39 is 29.6 Å². The first-order valence-electron chi connectivity index (χ1n) is 5.35. The normalized spacial score (nSPS) is 15.1. The van der Waals surface area contributed by atoms with Crippen LogP contribution in [0.2, 0.25) is 0 Å². The summed E-state index contributed by atoms with van der Waals surface area (Å²) in [6.45, 7) is 6.85. The first kappa shape index (κ1) is 16.2. The SMILES string of the molecule is C[C@H](CS)C(=O)O[C@@H](COC(C)(C)C)C(=O)O. The molecule has 0 rings (SSSR count). The Morgan fingerprint density at radius 1 is 1.35 bits per heavy atom. The molecule has 1 N–H and O–H groups in total. The number of carbonyl (C=O) groups excluding carboxylic acids is 1. The van der Waals surface area contributed by atoms with Crippen molar-refractivity contribution in [1.29, 1.82) is 0 Å². The molecule has 17 heavy (non-hydrogen) atoms. The van der Waals surface area contributed by atoms with Crippen molar-refractivity contribution in [3.8, 4) is 0 Å². The molecule has 0 fully saturated rings. The topological polar surface area (TPSA) is 72.8 Å². The number of rotatable bonds is 6. The van der Waals surface area contributed by atoms with Crippen molar-refractivity contribution in [3.63, 3.8) is 0 Å². The van der Waals surface area contributed by atoms with Crippen LogP contribution < -0.4 is 0 Å². The minimum Gasteiger partial charge on any atom is -0.478 e. The molecule has 0 radical (unpaired) electrons. The molecule has 0 spiro atoms. The first-order valence-corrected chi connectivity index (χ1v) is 5.98. The maximum atomic E-state index is 11.4. The first-order chi connectivity index (χ1) is 7.67. The lowest BCUT2D eigenvalue weighted by Crippen LogP contribution is -2.36. The van der Waals surface area contributed by atoms with Gasteiger partial charge >= 0.3 is 11.9 Å². The average molecular weight is 264 g/mol. The van der Waals surface area contributed by atoms with E-state index in [-0.39, 0.29) is 6.61 Å². The summed E-state index contributed by atoms with van der Waals surface area (Å²) in [4.78, 5) is 22.3. The van der Waals surface area contributed by atoms with E-state index in [4.69, 9.17) is 14.6 Å². The molecule has 5 nitrogen and oxygen atoms in total. The highest BCUT2D eigenvalue weighted by Crippen LogP contribution is 2.10. The average Bonchev–Trinajstić information content (AvgIpc) is 2.20. The molecule has 0 aliphatic rings. The molecule has 0 aromatic rings. The summed E-state index contributed by atoms with van der Waals surface area (Å²) in [7, 11) is 0. The Bertz CT molecular complexity index is 272. The Hall–Kier alpha value is -0.750. The molecule has 0 saturated carbocycles. The lowest BCUT2D eigenvalue weighted by Gasteiger charge is -2.23. The highest BCUT2D eigenvalue weighted by atomic mass is 32.1. The molecule has 100 valence electrons. The number of ether oxygens (including phenoxy) is 2. The molecule has 0 aliphatic carbocycles. The van der Waals surface area contributed by atoms with Crippen LogP contribution in [0.25, 0.3) is 0 Å². The zero-order valence-electron chi connectivity index (χ0n) is 10.6. The lowest BCUT2D eigenvalue weighted by atomic mass is 10.2. The third-order valence-electron chi connectivity index (χ3n) is 1.88. The van der Waals surface area contributed by atoms with Gasteiger partial charge in [-0.2, -0.15) is 12.6 Å². The van der Waals surface area contributed by atoms with Crippen molar-refractivity contribution in [3.05, 3.63) is 0 Å². The highest BCUT2D eigenvalue weighted by molar-refractivity contribution is 7.80. The van der Waals surface area contributed by atoms with E-state index in [1.165, 1.54) is 0 Å². The van der Waals surface area contributed by atoms with Gasteiger partial charge in [-0.05, 0) is 20.8 Å². The van der Waals surface area contributed by atoms with Crippen molar-refractivity contribution in [2.45, 2.75) is 39.4 Å². The van der Waals surface area contributed by atoms with Gasteiger partial charge in [0, 0.05) is 5.75 Å². The minimum atomic E-state index is -1.27. The van der Waals surface area contributed by atoms with Crippen LogP contribution in [0.5, 0.6) is 0 Å². The predicted molar refractivity (Wildman–Crippen MR) is 66.2 cm³/mol. The van der Waals surface area contributed by atoms with Gasteiger partial charge < -0.3 is 14.6 Å². The third-order valence-corrected chi connectivity index (χ3v) is 2.43. The van der Waals surface area contributed by atoms with Gasteiger partial charge in [0.25, 0.3) is 0 Å². The second-order valence-corrected chi connectivity index (χ2v) is 5.14. The number of thiol groups is 1. The molecule has 0 aromatic heterocycles. The molecule has 2 atom stereocenters. The standard InChI is InChI=1S/C11H20O5S/c1-7(6-17)10(14)16-8(9(12)13)5-15-11(2,3)4/h7-8,17H,5-6H2,1-4H3,(H,12,13)/t7-,8+/m1/s1. The van der Waals surface area contributed by atoms with Crippen LogP contribution in [0.1, 0.15) is 27.7 Å². The summed E-state index contributed by atoms with van der Waals surface area (Å²) in [5.74, 6) is -1.92. The molecule has 0 unspecified atom stereocenters. The largest absolute Gasteiger partial charge is 0.478 e. The van der Waals surface area contributed by atoms with Crippen LogP contribution in [0.4, 0.5) is 0 Å². The summed E-state index contributed by atoms with van der Waals surface area (Å²) in [6, 6.07) is 0. The molecule has 0 heterocycles. The van der Waals surface area contributed by atoms with Gasteiger partial charge in [-0.15, -0.1) is 0 Å². The van der Waals surface area contributed by atoms with Crippen molar-refractivity contribution >= 4 is 24.6 Å². The monoisotopic (exact) mass is 264 g/mol. The number of carboxylic acids is 1. The van der Waals surface area contributed by atoms with Gasteiger partial charge in [0.15, 0.2) is 0 Å². The van der Waals surface area contributed by atoms with Crippen molar-refractivity contribution < 1.29 is 24.2 Å². The van der Waals surface area contributed by atoms with Crippen molar-refractivity contribution in [1.82, 2.24) is 0 Å². The number of hydrogen-bond acceptors (Lipinski definition) is 5. The number of aliphatic carboxylic acids is 1. The Morgan fingerprint density at radius 2 is 1.88 bits per heavy atom. The zero-order chi connectivity index (χ0) is 13.6. The van der Waals surface area contributed by atoms with Crippen LogP contribution in [0.15, 0.2) is 0 Å². The molecule has 6 heteroatoms. The smallest absolute Gasteiger partial charge is 0.347 e. The van der Waals surface area contributed by atoms with Crippen LogP contribution in [-0.4, -0.2) is 41.1 Å². The third kappa shape index (κ3) is 7.23. The van der Waals surface area contributed by atoms with E-state index in [1.54, 1.807) is 27.7 Å². The maximum absolute atomic E-state index is 11.4. The summed E-state index contributed by atoms with van der Waals surface area (Å²) in [5, 5.41) is 8.90. The summed E-state index contributed by atoms with van der Waals surface area (Å²) in [5.41, 5.74) is -0.477. The quantitative estimate of drug-likeness (QED) is 0.560. The summed E-state index contributed by atoms with van der Waals surface area (Å²) >= 11 is 3.95. The number of esters is 1. The molecule has 0 aliphatic heterocycles. The lowest BCUT2D eigenvalue weighted by molar-refractivity contribution is -0.173. The predicted octanol–water partition coefficient (Wildman–Crippen LogP) is 1.36. The second kappa shape index (κ2) is 6.86. The Morgan fingerprint density at radius 3 is 2.24 bits per heavy atom. The van der Waals surface area contributed by atoms with Crippen molar-refractivity contribution in [2.24, 2.45) is 5.92 Å². The fourth-order valence-electron chi connectivity index (χ4n) is 0.812. The molecule has 0 bridgehead atoms. The van der Waals surface area contributed by atoms with E-state index in [0.717, 1.165) is 0 Å². The summed E-state index contributed by atoms with van der Waals surface area (Å²) < 4.78 is 10.1. The molecule has 0 aromatic carbocycles. The van der Waals surface area contributed by atoms with Gasteiger partial charge in [0.2, 0.25) is 6.10 Å². The van der Waals surface area contributed by atoms with Gasteiger partial charge in [0.05, 0.1) is 18.1 Å². The molecular weight excluding hydrogens is 244 g/mol. The van der Waals surface area contributed by atoms with E-state index in [9.17, 15) is 9.59 Å². The van der Waals surface area contributed by atoms with Gasteiger partial charge in [-0.25, -0.2) is 4.79 Å². The maximum Gasteiger partial charge on any atom is 0.347 e. The van der Waals surface area contributed by atoms with E-state index in [2.05, 4.69) is 12.6 Å². The van der Waals surface area contributed by atoms with E-state index in [0.29, 0.717) is 5.75 Å². The molecular formula is C11H20O5S.